The molecule has 1 heterocycles. The van der Waals surface area contributed by atoms with Gasteiger partial charge < -0.3 is 4.52 Å². The van der Waals surface area contributed by atoms with Crippen LogP contribution in [0.5, 0.6) is 0 Å². The number of halogens is 3. The fourth-order valence-corrected chi connectivity index (χ4v) is 0.561. The van der Waals surface area contributed by atoms with Crippen LogP contribution in [0.15, 0.2) is 10.8 Å². The van der Waals surface area contributed by atoms with E-state index in [0.29, 0.717) is 0 Å². The summed E-state index contributed by atoms with van der Waals surface area (Å²) in [6.07, 6.45) is -3.43. The van der Waals surface area contributed by atoms with Crippen molar-refractivity contribution in [3.63, 3.8) is 0 Å². The molecule has 0 unspecified atom stereocenters. The van der Waals surface area contributed by atoms with E-state index in [4.69, 9.17) is 0 Å². The average molecular weight is 151 g/mol. The number of hydrogen-bond acceptors (Lipinski definition) is 2. The lowest BCUT2D eigenvalue weighted by atomic mass is 10.3. The van der Waals surface area contributed by atoms with E-state index in [0.717, 1.165) is 6.26 Å². The summed E-state index contributed by atoms with van der Waals surface area (Å²) >= 11 is 0. The second-order valence-electron chi connectivity index (χ2n) is 1.84. The van der Waals surface area contributed by atoms with Crippen LogP contribution in [0.25, 0.3) is 0 Å². The van der Waals surface area contributed by atoms with Crippen LogP contribution < -0.4 is 0 Å². The highest BCUT2D eigenvalue weighted by atomic mass is 19.4. The summed E-state index contributed by atoms with van der Waals surface area (Å²) in [6, 6.07) is 0. The molecule has 1 aromatic heterocycles. The largest absolute Gasteiger partial charge is 0.437 e. The lowest BCUT2D eigenvalue weighted by Crippen LogP contribution is -2.06. The average Bonchev–Trinajstić information content (AvgIpc) is 2.11. The standard InChI is InChI=1S/C5H4F3NO/c1-3-2-10-9-4(3)5(6,7)8/h2H,1H3. The van der Waals surface area contributed by atoms with Crippen LogP contribution in [-0.4, -0.2) is 5.16 Å². The van der Waals surface area contributed by atoms with Crippen molar-refractivity contribution in [3.8, 4) is 0 Å². The van der Waals surface area contributed by atoms with Crippen LogP contribution in [0, 0.1) is 6.92 Å². The van der Waals surface area contributed by atoms with E-state index in [1.165, 1.54) is 6.92 Å². The predicted molar refractivity (Wildman–Crippen MR) is 26.2 cm³/mol. The zero-order valence-electron chi connectivity index (χ0n) is 5.07. The van der Waals surface area contributed by atoms with E-state index in [2.05, 4.69) is 9.68 Å². The first kappa shape index (κ1) is 7.11. The fourth-order valence-electron chi connectivity index (χ4n) is 0.561. The van der Waals surface area contributed by atoms with Gasteiger partial charge in [0.15, 0.2) is 5.69 Å². The molecule has 0 aromatic carbocycles. The first-order valence-electron chi connectivity index (χ1n) is 2.50. The number of aryl methyl sites for hydroxylation is 1. The predicted octanol–water partition coefficient (Wildman–Crippen LogP) is 2.00. The van der Waals surface area contributed by atoms with Gasteiger partial charge in [-0.1, -0.05) is 5.16 Å². The molecule has 10 heavy (non-hydrogen) atoms. The summed E-state index contributed by atoms with van der Waals surface area (Å²) < 4.78 is 39.4. The van der Waals surface area contributed by atoms with Gasteiger partial charge in [-0.05, 0) is 6.92 Å². The Bertz CT molecular complexity index is 227. The Labute approximate surface area is 54.6 Å². The van der Waals surface area contributed by atoms with Gasteiger partial charge in [0, 0.05) is 5.56 Å². The van der Waals surface area contributed by atoms with E-state index in [1.807, 2.05) is 0 Å². The van der Waals surface area contributed by atoms with Crippen molar-refractivity contribution < 1.29 is 17.7 Å². The van der Waals surface area contributed by atoms with Crippen molar-refractivity contribution in [1.29, 1.82) is 0 Å². The Hall–Kier alpha value is -1.00. The zero-order valence-corrected chi connectivity index (χ0v) is 5.07. The van der Waals surface area contributed by atoms with Gasteiger partial charge in [-0.15, -0.1) is 0 Å². The quantitative estimate of drug-likeness (QED) is 0.566. The number of alkyl halides is 3. The minimum atomic E-state index is -4.39. The SMILES string of the molecule is Cc1conc1C(F)(F)F. The lowest BCUT2D eigenvalue weighted by molar-refractivity contribution is -0.143. The molecule has 0 bridgehead atoms. The molecule has 0 atom stereocenters. The maximum atomic E-state index is 11.8. The molecular formula is C5H4F3NO. The minimum absolute atomic E-state index is 0.00694. The van der Waals surface area contributed by atoms with Crippen LogP contribution in [0.3, 0.4) is 0 Å². The normalized spacial score (nSPS) is 12.0. The fraction of sp³-hybridized carbons (Fsp3) is 0.400. The Morgan fingerprint density at radius 3 is 2.30 bits per heavy atom. The summed E-state index contributed by atoms with van der Waals surface area (Å²) in [4.78, 5) is 0. The first-order chi connectivity index (χ1) is 4.52. The Kier molecular flexibility index (Phi) is 1.42. The molecule has 0 aliphatic carbocycles. The van der Waals surface area contributed by atoms with E-state index < -0.39 is 11.9 Å². The van der Waals surface area contributed by atoms with E-state index in [9.17, 15) is 13.2 Å². The molecule has 1 rings (SSSR count). The topological polar surface area (TPSA) is 26.0 Å². The summed E-state index contributed by atoms with van der Waals surface area (Å²) in [7, 11) is 0. The molecule has 0 fully saturated rings. The molecule has 0 saturated heterocycles. The van der Waals surface area contributed by atoms with Crippen molar-refractivity contribution in [1.82, 2.24) is 5.16 Å². The molecule has 0 aliphatic heterocycles. The van der Waals surface area contributed by atoms with Crippen LogP contribution in [0.1, 0.15) is 11.3 Å². The third kappa shape index (κ3) is 1.12. The highest BCUT2D eigenvalue weighted by Gasteiger charge is 2.36. The Morgan fingerprint density at radius 2 is 2.10 bits per heavy atom. The summed E-state index contributed by atoms with van der Waals surface area (Å²) in [5, 5.41) is 2.79. The molecule has 2 nitrogen and oxygen atoms in total. The summed E-state index contributed by atoms with van der Waals surface area (Å²) in [6.45, 7) is 1.29. The summed E-state index contributed by atoms with van der Waals surface area (Å²) in [5.41, 5.74) is -0.944. The molecule has 0 saturated carbocycles. The van der Waals surface area contributed by atoms with Gasteiger partial charge >= 0.3 is 6.18 Å². The molecular weight excluding hydrogens is 147 g/mol. The van der Waals surface area contributed by atoms with Crippen molar-refractivity contribution in [2.45, 2.75) is 13.1 Å². The van der Waals surface area contributed by atoms with Gasteiger partial charge in [0.05, 0.1) is 0 Å². The van der Waals surface area contributed by atoms with Crippen LogP contribution in [0.2, 0.25) is 0 Å². The van der Waals surface area contributed by atoms with E-state index in [-0.39, 0.29) is 5.56 Å². The highest BCUT2D eigenvalue weighted by molar-refractivity contribution is 5.14. The van der Waals surface area contributed by atoms with Crippen molar-refractivity contribution in [2.75, 3.05) is 0 Å². The smallest absolute Gasteiger partial charge is 0.364 e. The maximum absolute atomic E-state index is 11.8. The molecule has 0 N–H and O–H groups in total. The number of nitrogens with zero attached hydrogens (tertiary/aromatic N) is 1. The van der Waals surface area contributed by atoms with Gasteiger partial charge in [-0.2, -0.15) is 13.2 Å². The first-order valence-corrected chi connectivity index (χ1v) is 2.50. The Morgan fingerprint density at radius 1 is 1.50 bits per heavy atom. The summed E-state index contributed by atoms with van der Waals surface area (Å²) in [5.74, 6) is 0. The van der Waals surface area contributed by atoms with Crippen molar-refractivity contribution in [2.24, 2.45) is 0 Å². The third-order valence-corrected chi connectivity index (χ3v) is 1.02. The van der Waals surface area contributed by atoms with Crippen molar-refractivity contribution in [3.05, 3.63) is 17.5 Å². The Balaban J connectivity index is 3.05. The molecule has 1 aromatic rings. The van der Waals surface area contributed by atoms with Crippen LogP contribution in [-0.2, 0) is 6.18 Å². The number of rotatable bonds is 0. The monoisotopic (exact) mass is 151 g/mol. The second kappa shape index (κ2) is 2.00. The van der Waals surface area contributed by atoms with Gasteiger partial charge in [0.2, 0.25) is 0 Å². The third-order valence-electron chi connectivity index (χ3n) is 1.02. The number of aromatic nitrogens is 1. The molecule has 0 amide bonds. The van der Waals surface area contributed by atoms with E-state index in [1.54, 1.807) is 0 Å². The van der Waals surface area contributed by atoms with Gasteiger partial charge in [-0.25, -0.2) is 0 Å². The second-order valence-corrected chi connectivity index (χ2v) is 1.84. The molecule has 0 radical (unpaired) electrons. The molecule has 5 heteroatoms. The van der Waals surface area contributed by atoms with Crippen LogP contribution in [0.4, 0.5) is 13.2 Å². The van der Waals surface area contributed by atoms with Gasteiger partial charge in [-0.3, -0.25) is 0 Å². The van der Waals surface area contributed by atoms with Crippen molar-refractivity contribution >= 4 is 0 Å². The molecule has 0 spiro atoms. The highest BCUT2D eigenvalue weighted by Crippen LogP contribution is 2.29. The maximum Gasteiger partial charge on any atom is 0.437 e. The van der Waals surface area contributed by atoms with Gasteiger partial charge in [0.25, 0.3) is 0 Å². The van der Waals surface area contributed by atoms with E-state index >= 15 is 0 Å². The zero-order chi connectivity index (χ0) is 7.78. The van der Waals surface area contributed by atoms with Crippen LogP contribution >= 0.6 is 0 Å². The lowest BCUT2D eigenvalue weighted by Gasteiger charge is -1.99. The molecule has 0 aliphatic rings. The van der Waals surface area contributed by atoms with Gasteiger partial charge in [0.1, 0.15) is 6.26 Å². The molecule has 56 valence electrons. The number of hydrogen-bond donors (Lipinski definition) is 0. The minimum Gasteiger partial charge on any atom is -0.364 e.